The number of carbonyl (C=O) groups excluding carboxylic acids is 1. The summed E-state index contributed by atoms with van der Waals surface area (Å²) in [6.45, 7) is 2.02. The molecule has 0 saturated carbocycles. The molecule has 0 aromatic heterocycles. The van der Waals surface area contributed by atoms with Crippen molar-refractivity contribution in [3.8, 4) is 0 Å². The molecule has 0 saturated heterocycles. The van der Waals surface area contributed by atoms with Crippen molar-refractivity contribution in [3.05, 3.63) is 11.5 Å². The van der Waals surface area contributed by atoms with E-state index in [9.17, 15) is 4.79 Å². The van der Waals surface area contributed by atoms with Crippen LogP contribution < -0.4 is 0 Å². The molecule has 0 N–H and O–H groups in total. The molecule has 0 aromatic rings. The van der Waals surface area contributed by atoms with Gasteiger partial charge in [0.2, 0.25) is 0 Å². The van der Waals surface area contributed by atoms with E-state index in [2.05, 4.69) is 4.74 Å². The van der Waals surface area contributed by atoms with Gasteiger partial charge in [-0.2, -0.15) is 0 Å². The highest BCUT2D eigenvalue weighted by atomic mass is 32.2. The summed E-state index contributed by atoms with van der Waals surface area (Å²) in [4.78, 5) is 10.4. The summed E-state index contributed by atoms with van der Waals surface area (Å²) in [5.41, 5.74) is 0. The van der Waals surface area contributed by atoms with E-state index in [0.717, 1.165) is 5.75 Å². The molecule has 0 heterocycles. The number of esters is 1. The van der Waals surface area contributed by atoms with Crippen LogP contribution in [0.5, 0.6) is 0 Å². The Balaban J connectivity index is 3.32. The number of ether oxygens (including phenoxy) is 1. The molecule has 3 heteroatoms. The number of carbonyl (C=O) groups is 1. The maximum Gasteiger partial charge on any atom is 0.330 e. The SMILES string of the molecule is CCSC=CC(=O)OC. The van der Waals surface area contributed by atoms with Gasteiger partial charge in [0.15, 0.2) is 0 Å². The lowest BCUT2D eigenvalue weighted by atomic mass is 10.7. The summed E-state index contributed by atoms with van der Waals surface area (Å²) >= 11 is 1.57. The summed E-state index contributed by atoms with van der Waals surface area (Å²) in [5, 5.41) is 1.73. The molecule has 2 nitrogen and oxygen atoms in total. The van der Waals surface area contributed by atoms with Gasteiger partial charge in [0.05, 0.1) is 7.11 Å². The van der Waals surface area contributed by atoms with Gasteiger partial charge in [0.25, 0.3) is 0 Å². The van der Waals surface area contributed by atoms with Crippen LogP contribution in [-0.4, -0.2) is 18.8 Å². The lowest BCUT2D eigenvalue weighted by molar-refractivity contribution is -0.134. The summed E-state index contributed by atoms with van der Waals surface area (Å²) in [6.07, 6.45) is 1.41. The fraction of sp³-hybridized carbons (Fsp3) is 0.500. The Labute approximate surface area is 59.3 Å². The summed E-state index contributed by atoms with van der Waals surface area (Å²) in [7, 11) is 1.36. The normalized spacial score (nSPS) is 10.0. The Morgan fingerprint density at radius 2 is 2.44 bits per heavy atom. The minimum Gasteiger partial charge on any atom is -0.466 e. The lowest BCUT2D eigenvalue weighted by Gasteiger charge is -1.87. The van der Waals surface area contributed by atoms with E-state index < -0.39 is 0 Å². The van der Waals surface area contributed by atoms with E-state index in [1.807, 2.05) is 6.92 Å². The van der Waals surface area contributed by atoms with E-state index in [1.54, 1.807) is 17.2 Å². The maximum absolute atomic E-state index is 10.4. The van der Waals surface area contributed by atoms with Crippen molar-refractivity contribution in [3.63, 3.8) is 0 Å². The molecule has 0 amide bonds. The largest absolute Gasteiger partial charge is 0.466 e. The smallest absolute Gasteiger partial charge is 0.330 e. The summed E-state index contributed by atoms with van der Waals surface area (Å²) in [5.74, 6) is 0.684. The van der Waals surface area contributed by atoms with E-state index in [0.29, 0.717) is 0 Å². The molecule has 52 valence electrons. The Morgan fingerprint density at radius 3 is 2.89 bits per heavy atom. The minimum absolute atomic E-state index is 0.295. The fourth-order valence-corrected chi connectivity index (χ4v) is 0.668. The second-order valence-corrected chi connectivity index (χ2v) is 2.46. The van der Waals surface area contributed by atoms with Crippen molar-refractivity contribution in [1.82, 2.24) is 0 Å². The van der Waals surface area contributed by atoms with Crippen LogP contribution in [0, 0.1) is 0 Å². The zero-order chi connectivity index (χ0) is 7.11. The van der Waals surface area contributed by atoms with E-state index in [-0.39, 0.29) is 5.97 Å². The van der Waals surface area contributed by atoms with Crippen LogP contribution in [-0.2, 0) is 9.53 Å². The van der Waals surface area contributed by atoms with Gasteiger partial charge in [-0.15, -0.1) is 11.8 Å². The molecule has 9 heavy (non-hydrogen) atoms. The van der Waals surface area contributed by atoms with Crippen LogP contribution in [0.1, 0.15) is 6.92 Å². The van der Waals surface area contributed by atoms with Gasteiger partial charge >= 0.3 is 5.97 Å². The van der Waals surface area contributed by atoms with E-state index >= 15 is 0 Å². The summed E-state index contributed by atoms with van der Waals surface area (Å²) < 4.78 is 4.36. The molecule has 0 aliphatic heterocycles. The molecule has 0 bridgehead atoms. The van der Waals surface area contributed by atoms with E-state index in [4.69, 9.17) is 0 Å². The molecule has 0 aliphatic carbocycles. The van der Waals surface area contributed by atoms with E-state index in [1.165, 1.54) is 13.2 Å². The second-order valence-electron chi connectivity index (χ2n) is 1.28. The second kappa shape index (κ2) is 5.69. The Kier molecular flexibility index (Phi) is 5.41. The quantitative estimate of drug-likeness (QED) is 0.445. The zero-order valence-electron chi connectivity index (χ0n) is 5.59. The molecular formula is C6H10O2S. The predicted molar refractivity (Wildman–Crippen MR) is 39.3 cm³/mol. The van der Waals surface area contributed by atoms with Gasteiger partial charge in [-0.05, 0) is 11.2 Å². The van der Waals surface area contributed by atoms with Gasteiger partial charge in [0.1, 0.15) is 0 Å². The van der Waals surface area contributed by atoms with Crippen LogP contribution in [0.3, 0.4) is 0 Å². The van der Waals surface area contributed by atoms with Crippen LogP contribution >= 0.6 is 11.8 Å². The number of hydrogen-bond acceptors (Lipinski definition) is 3. The molecule has 0 spiro atoms. The van der Waals surface area contributed by atoms with Gasteiger partial charge in [-0.3, -0.25) is 0 Å². The predicted octanol–water partition coefficient (Wildman–Crippen LogP) is 1.43. The molecule has 0 radical (unpaired) electrons. The highest BCUT2D eigenvalue weighted by molar-refractivity contribution is 8.02. The standard InChI is InChI=1S/C6H10O2S/c1-3-9-5-4-6(7)8-2/h4-5H,3H2,1-2H3. The van der Waals surface area contributed by atoms with Crippen molar-refractivity contribution < 1.29 is 9.53 Å². The van der Waals surface area contributed by atoms with Crippen LogP contribution in [0.25, 0.3) is 0 Å². The molecule has 0 rings (SSSR count). The van der Waals surface area contributed by atoms with Crippen molar-refractivity contribution >= 4 is 17.7 Å². The molecular weight excluding hydrogens is 136 g/mol. The van der Waals surface area contributed by atoms with Crippen LogP contribution in [0.2, 0.25) is 0 Å². The fourth-order valence-electron chi connectivity index (χ4n) is 0.268. The van der Waals surface area contributed by atoms with Gasteiger partial charge in [-0.1, -0.05) is 6.92 Å². The van der Waals surface area contributed by atoms with Crippen molar-refractivity contribution in [2.45, 2.75) is 6.92 Å². The van der Waals surface area contributed by atoms with Gasteiger partial charge in [-0.25, -0.2) is 4.79 Å². The first-order chi connectivity index (χ1) is 4.31. The first-order valence-electron chi connectivity index (χ1n) is 2.67. The highest BCUT2D eigenvalue weighted by Gasteiger charge is 1.87. The molecule has 0 fully saturated rings. The molecule has 0 aliphatic rings. The Morgan fingerprint density at radius 1 is 1.78 bits per heavy atom. The van der Waals surface area contributed by atoms with Crippen LogP contribution in [0.4, 0.5) is 0 Å². The molecule has 0 atom stereocenters. The Bertz CT molecular complexity index is 110. The lowest BCUT2D eigenvalue weighted by Crippen LogP contribution is -1.92. The number of methoxy groups -OCH3 is 1. The maximum atomic E-state index is 10.4. The topological polar surface area (TPSA) is 26.3 Å². The summed E-state index contributed by atoms with van der Waals surface area (Å²) in [6, 6.07) is 0. The molecule has 0 aromatic carbocycles. The van der Waals surface area contributed by atoms with Crippen molar-refractivity contribution in [2.75, 3.05) is 12.9 Å². The third-order valence-corrected chi connectivity index (χ3v) is 1.33. The molecule has 0 unspecified atom stereocenters. The first kappa shape index (κ1) is 8.56. The van der Waals surface area contributed by atoms with Gasteiger partial charge < -0.3 is 4.74 Å². The monoisotopic (exact) mass is 146 g/mol. The minimum atomic E-state index is -0.295. The average molecular weight is 146 g/mol. The number of hydrogen-bond donors (Lipinski definition) is 0. The number of thioether (sulfide) groups is 1. The van der Waals surface area contributed by atoms with Crippen molar-refractivity contribution in [1.29, 1.82) is 0 Å². The van der Waals surface area contributed by atoms with Gasteiger partial charge in [0, 0.05) is 6.08 Å². The third kappa shape index (κ3) is 5.43. The zero-order valence-corrected chi connectivity index (χ0v) is 6.40. The Hall–Kier alpha value is -0.440. The third-order valence-electron chi connectivity index (χ3n) is 0.668. The van der Waals surface area contributed by atoms with Crippen LogP contribution in [0.15, 0.2) is 11.5 Å². The van der Waals surface area contributed by atoms with Crippen molar-refractivity contribution in [2.24, 2.45) is 0 Å². The number of rotatable bonds is 3. The average Bonchev–Trinajstić information content (AvgIpc) is 1.89. The first-order valence-corrected chi connectivity index (χ1v) is 3.72. The highest BCUT2D eigenvalue weighted by Crippen LogP contribution is 1.99.